The minimum atomic E-state index is -0.956. The zero-order valence-electron chi connectivity index (χ0n) is 9.48. The maximum absolute atomic E-state index is 13.3. The number of hydrogen-bond acceptors (Lipinski definition) is 4. The predicted molar refractivity (Wildman–Crippen MR) is 62.7 cm³/mol. The van der Waals surface area contributed by atoms with Crippen LogP contribution < -0.4 is 10.6 Å². The van der Waals surface area contributed by atoms with E-state index >= 15 is 0 Å². The topological polar surface area (TPSA) is 84.3 Å². The number of nitro groups is 1. The molecule has 7 heteroatoms. The fourth-order valence-corrected chi connectivity index (χ4v) is 1.86. The summed E-state index contributed by atoms with van der Waals surface area (Å²) in [4.78, 5) is 21.4. The summed E-state index contributed by atoms with van der Waals surface area (Å²) in [6.07, 6.45) is 0.737. The SMILES string of the molecule is O=C(Nc1ccc([N+](=O)[O-])c(F)c1)C1CCNC1. The van der Waals surface area contributed by atoms with E-state index in [2.05, 4.69) is 10.6 Å². The predicted octanol–water partition coefficient (Wildman–Crippen LogP) is 1.28. The van der Waals surface area contributed by atoms with Crippen molar-refractivity contribution < 1.29 is 14.1 Å². The van der Waals surface area contributed by atoms with E-state index in [1.165, 1.54) is 6.07 Å². The van der Waals surface area contributed by atoms with Crippen LogP contribution in [0.1, 0.15) is 6.42 Å². The molecule has 0 radical (unpaired) electrons. The average molecular weight is 253 g/mol. The summed E-state index contributed by atoms with van der Waals surface area (Å²) >= 11 is 0. The number of carbonyl (C=O) groups is 1. The van der Waals surface area contributed by atoms with Crippen LogP contribution in [0, 0.1) is 21.8 Å². The molecule has 6 nitrogen and oxygen atoms in total. The van der Waals surface area contributed by atoms with E-state index < -0.39 is 16.4 Å². The van der Waals surface area contributed by atoms with Crippen LogP contribution >= 0.6 is 0 Å². The summed E-state index contributed by atoms with van der Waals surface area (Å²) in [5.41, 5.74) is -0.370. The molecule has 0 bridgehead atoms. The van der Waals surface area contributed by atoms with Crippen LogP contribution in [0.5, 0.6) is 0 Å². The van der Waals surface area contributed by atoms with E-state index in [0.717, 1.165) is 25.1 Å². The Bertz CT molecular complexity index is 486. The Morgan fingerprint density at radius 1 is 1.56 bits per heavy atom. The van der Waals surface area contributed by atoms with E-state index in [0.29, 0.717) is 6.54 Å². The fourth-order valence-electron chi connectivity index (χ4n) is 1.86. The molecule has 2 rings (SSSR count). The van der Waals surface area contributed by atoms with Gasteiger partial charge in [0.05, 0.1) is 10.8 Å². The van der Waals surface area contributed by atoms with E-state index in [1.54, 1.807) is 0 Å². The Balaban J connectivity index is 2.07. The smallest absolute Gasteiger partial charge is 0.304 e. The van der Waals surface area contributed by atoms with Gasteiger partial charge in [-0.3, -0.25) is 14.9 Å². The summed E-state index contributed by atoms with van der Waals surface area (Å²) in [6, 6.07) is 3.32. The highest BCUT2D eigenvalue weighted by atomic mass is 19.1. The Labute approximate surface area is 102 Å². The summed E-state index contributed by atoms with van der Waals surface area (Å²) < 4.78 is 13.3. The van der Waals surface area contributed by atoms with Crippen molar-refractivity contribution in [1.82, 2.24) is 5.32 Å². The fraction of sp³-hybridized carbons (Fsp3) is 0.364. The van der Waals surface area contributed by atoms with Crippen molar-refractivity contribution in [3.8, 4) is 0 Å². The van der Waals surface area contributed by atoms with Gasteiger partial charge in [0.15, 0.2) is 0 Å². The number of nitrogens with one attached hydrogen (secondary N) is 2. The maximum Gasteiger partial charge on any atom is 0.304 e. The lowest BCUT2D eigenvalue weighted by Crippen LogP contribution is -2.24. The standard InChI is InChI=1S/C11H12FN3O3/c12-9-5-8(1-2-10(9)15(17)18)14-11(16)7-3-4-13-6-7/h1-2,5,7,13H,3-4,6H2,(H,14,16). The Morgan fingerprint density at radius 2 is 2.33 bits per heavy atom. The van der Waals surface area contributed by atoms with Gasteiger partial charge in [0.2, 0.25) is 11.7 Å². The average Bonchev–Trinajstić information content (AvgIpc) is 2.81. The van der Waals surface area contributed by atoms with E-state index in [1.807, 2.05) is 0 Å². The molecular formula is C11H12FN3O3. The molecule has 0 spiro atoms. The van der Waals surface area contributed by atoms with Gasteiger partial charge in [-0.05, 0) is 19.0 Å². The van der Waals surface area contributed by atoms with E-state index in [9.17, 15) is 19.3 Å². The molecule has 1 unspecified atom stereocenters. The molecule has 0 saturated carbocycles. The summed E-state index contributed by atoms with van der Waals surface area (Å²) in [7, 11) is 0. The molecule has 1 saturated heterocycles. The van der Waals surface area contributed by atoms with Crippen LogP contribution in [-0.2, 0) is 4.79 Å². The number of carbonyl (C=O) groups excluding carboxylic acids is 1. The number of nitrogens with zero attached hydrogens (tertiary/aromatic N) is 1. The van der Waals surface area contributed by atoms with Gasteiger partial charge in [0.1, 0.15) is 0 Å². The highest BCUT2D eigenvalue weighted by Crippen LogP contribution is 2.21. The van der Waals surface area contributed by atoms with Crippen molar-refractivity contribution in [2.45, 2.75) is 6.42 Å². The summed E-state index contributed by atoms with van der Waals surface area (Å²) in [6.45, 7) is 1.38. The second-order valence-corrected chi connectivity index (χ2v) is 4.10. The van der Waals surface area contributed by atoms with Crippen LogP contribution in [0.2, 0.25) is 0 Å². The van der Waals surface area contributed by atoms with Gasteiger partial charge in [0, 0.05) is 24.4 Å². The molecule has 1 aliphatic rings. The van der Waals surface area contributed by atoms with Crippen molar-refractivity contribution in [3.05, 3.63) is 34.1 Å². The van der Waals surface area contributed by atoms with Gasteiger partial charge in [-0.1, -0.05) is 0 Å². The molecule has 1 fully saturated rings. The number of nitro benzene ring substituents is 1. The molecule has 1 amide bonds. The normalized spacial score (nSPS) is 18.6. The van der Waals surface area contributed by atoms with Crippen molar-refractivity contribution in [2.24, 2.45) is 5.92 Å². The molecule has 96 valence electrons. The molecule has 1 aromatic rings. The third-order valence-electron chi connectivity index (χ3n) is 2.84. The quantitative estimate of drug-likeness (QED) is 0.627. The molecule has 0 aliphatic carbocycles. The zero-order valence-corrected chi connectivity index (χ0v) is 9.48. The van der Waals surface area contributed by atoms with Crippen molar-refractivity contribution in [1.29, 1.82) is 0 Å². The van der Waals surface area contributed by atoms with E-state index in [-0.39, 0.29) is 17.5 Å². The van der Waals surface area contributed by atoms with Gasteiger partial charge < -0.3 is 10.6 Å². The summed E-state index contributed by atoms with van der Waals surface area (Å²) in [5.74, 6) is -1.29. The first kappa shape index (κ1) is 12.4. The molecule has 18 heavy (non-hydrogen) atoms. The number of rotatable bonds is 3. The molecule has 1 aromatic carbocycles. The first-order valence-electron chi connectivity index (χ1n) is 5.53. The maximum atomic E-state index is 13.3. The number of benzene rings is 1. The summed E-state index contributed by atoms with van der Waals surface area (Å²) in [5, 5.41) is 16.0. The molecule has 1 heterocycles. The van der Waals surface area contributed by atoms with Crippen LogP contribution in [-0.4, -0.2) is 23.9 Å². The zero-order chi connectivity index (χ0) is 13.1. The second-order valence-electron chi connectivity index (χ2n) is 4.10. The van der Waals surface area contributed by atoms with Crippen molar-refractivity contribution >= 4 is 17.3 Å². The van der Waals surface area contributed by atoms with Gasteiger partial charge in [-0.2, -0.15) is 4.39 Å². The van der Waals surface area contributed by atoms with Crippen LogP contribution in [0.15, 0.2) is 18.2 Å². The Morgan fingerprint density at radius 3 is 2.89 bits per heavy atom. The largest absolute Gasteiger partial charge is 0.326 e. The Kier molecular flexibility index (Phi) is 3.52. The highest BCUT2D eigenvalue weighted by Gasteiger charge is 2.23. The molecule has 2 N–H and O–H groups in total. The molecular weight excluding hydrogens is 241 g/mol. The van der Waals surface area contributed by atoms with Gasteiger partial charge in [-0.25, -0.2) is 0 Å². The number of anilines is 1. The van der Waals surface area contributed by atoms with Crippen LogP contribution in [0.3, 0.4) is 0 Å². The van der Waals surface area contributed by atoms with Crippen molar-refractivity contribution in [2.75, 3.05) is 18.4 Å². The number of amides is 1. The van der Waals surface area contributed by atoms with Crippen LogP contribution in [0.25, 0.3) is 0 Å². The van der Waals surface area contributed by atoms with E-state index in [4.69, 9.17) is 0 Å². The first-order chi connectivity index (χ1) is 8.58. The minimum absolute atomic E-state index is 0.136. The van der Waals surface area contributed by atoms with Gasteiger partial charge in [0.25, 0.3) is 0 Å². The van der Waals surface area contributed by atoms with Crippen molar-refractivity contribution in [3.63, 3.8) is 0 Å². The molecule has 1 atom stereocenters. The lowest BCUT2D eigenvalue weighted by Gasteiger charge is -2.09. The third kappa shape index (κ3) is 2.62. The van der Waals surface area contributed by atoms with Crippen LogP contribution in [0.4, 0.5) is 15.8 Å². The molecule has 0 aromatic heterocycles. The first-order valence-corrected chi connectivity index (χ1v) is 5.53. The minimum Gasteiger partial charge on any atom is -0.326 e. The molecule has 1 aliphatic heterocycles. The Hall–Kier alpha value is -2.02. The highest BCUT2D eigenvalue weighted by molar-refractivity contribution is 5.93. The lowest BCUT2D eigenvalue weighted by molar-refractivity contribution is -0.387. The monoisotopic (exact) mass is 253 g/mol. The van der Waals surface area contributed by atoms with Gasteiger partial charge >= 0.3 is 5.69 Å². The van der Waals surface area contributed by atoms with Gasteiger partial charge in [-0.15, -0.1) is 0 Å². The number of hydrogen-bond donors (Lipinski definition) is 2. The lowest BCUT2D eigenvalue weighted by atomic mass is 10.1. The number of halogens is 1. The third-order valence-corrected chi connectivity index (χ3v) is 2.84. The second kappa shape index (κ2) is 5.09.